The minimum Gasteiger partial charge on any atom is -0.370 e. The zero-order valence-electron chi connectivity index (χ0n) is 16.1. The second-order valence-electron chi connectivity index (χ2n) is 7.78. The Morgan fingerprint density at radius 2 is 1.79 bits per heavy atom. The van der Waals surface area contributed by atoms with Gasteiger partial charge >= 0.3 is 0 Å². The van der Waals surface area contributed by atoms with Crippen molar-refractivity contribution >= 4 is 23.2 Å². The molecule has 2 aromatic rings. The lowest BCUT2D eigenvalue weighted by molar-refractivity contribution is -0.117. The average Bonchev–Trinajstić information content (AvgIpc) is 2.73. The average molecular weight is 377 g/mol. The van der Waals surface area contributed by atoms with Gasteiger partial charge in [-0.1, -0.05) is 24.3 Å². The Kier molecular flexibility index (Phi) is 5.33. The van der Waals surface area contributed by atoms with E-state index in [1.807, 2.05) is 18.2 Å². The van der Waals surface area contributed by atoms with Gasteiger partial charge in [0, 0.05) is 18.7 Å². The minimum absolute atomic E-state index is 0.00738. The molecule has 1 aliphatic heterocycles. The Morgan fingerprint density at radius 3 is 2.57 bits per heavy atom. The van der Waals surface area contributed by atoms with Gasteiger partial charge in [0.05, 0.1) is 17.3 Å². The molecule has 28 heavy (non-hydrogen) atoms. The number of amides is 2. The van der Waals surface area contributed by atoms with Gasteiger partial charge in [0.2, 0.25) is 11.8 Å². The first-order valence-corrected chi connectivity index (χ1v) is 10.2. The quantitative estimate of drug-likeness (QED) is 0.850. The number of nitrogens with zero attached hydrogens (tertiary/aromatic N) is 1. The van der Waals surface area contributed by atoms with Crippen LogP contribution >= 0.6 is 0 Å². The van der Waals surface area contributed by atoms with E-state index in [0.29, 0.717) is 11.3 Å². The van der Waals surface area contributed by atoms with E-state index in [1.165, 1.54) is 12.0 Å². The van der Waals surface area contributed by atoms with E-state index in [4.69, 9.17) is 5.73 Å². The molecule has 146 valence electrons. The second kappa shape index (κ2) is 8.05. The molecule has 4 rings (SSSR count). The number of carbonyl (C=O) groups excluding carboxylic acids is 2. The largest absolute Gasteiger partial charge is 0.370 e. The van der Waals surface area contributed by atoms with Crippen LogP contribution in [0.1, 0.15) is 59.5 Å². The number of anilines is 2. The van der Waals surface area contributed by atoms with Crippen LogP contribution < -0.4 is 16.0 Å². The first-order chi connectivity index (χ1) is 13.6. The molecule has 1 unspecified atom stereocenters. The maximum atomic E-state index is 13.2. The summed E-state index contributed by atoms with van der Waals surface area (Å²) in [4.78, 5) is 27.2. The fourth-order valence-corrected chi connectivity index (χ4v) is 4.45. The van der Waals surface area contributed by atoms with E-state index < -0.39 is 5.91 Å². The van der Waals surface area contributed by atoms with Gasteiger partial charge in [-0.15, -0.1) is 0 Å². The van der Waals surface area contributed by atoms with E-state index in [2.05, 4.69) is 22.3 Å². The molecular formula is C23H27N3O2. The molecule has 2 aliphatic rings. The summed E-state index contributed by atoms with van der Waals surface area (Å²) in [6, 6.07) is 13.6. The summed E-state index contributed by atoms with van der Waals surface area (Å²) in [6.45, 7) is 1.93. The molecule has 2 amide bonds. The number of hydrogen-bond acceptors (Lipinski definition) is 3. The summed E-state index contributed by atoms with van der Waals surface area (Å²) >= 11 is 0. The fourth-order valence-electron chi connectivity index (χ4n) is 4.45. The summed E-state index contributed by atoms with van der Waals surface area (Å²) in [5.41, 5.74) is 9.94. The van der Waals surface area contributed by atoms with E-state index in [0.717, 1.165) is 56.4 Å². The van der Waals surface area contributed by atoms with Crippen LogP contribution in [0.3, 0.4) is 0 Å². The Morgan fingerprint density at radius 1 is 1.00 bits per heavy atom. The van der Waals surface area contributed by atoms with Crippen molar-refractivity contribution < 1.29 is 9.59 Å². The van der Waals surface area contributed by atoms with Crippen molar-refractivity contribution in [3.05, 3.63) is 59.2 Å². The number of fused-ring (bicyclic) bond motifs is 1. The van der Waals surface area contributed by atoms with E-state index in [9.17, 15) is 9.59 Å². The van der Waals surface area contributed by atoms with Gasteiger partial charge in [-0.2, -0.15) is 0 Å². The molecule has 0 bridgehead atoms. The SMILES string of the molecule is NC(=O)c1ccc(N2CCCCC2)c(NC(=O)C2CCCc3ccccc32)c1. The van der Waals surface area contributed by atoms with Crippen molar-refractivity contribution in [1.29, 1.82) is 0 Å². The van der Waals surface area contributed by atoms with Gasteiger partial charge in [0.15, 0.2) is 0 Å². The van der Waals surface area contributed by atoms with Crippen LogP contribution in [0.4, 0.5) is 11.4 Å². The summed E-state index contributed by atoms with van der Waals surface area (Å²) in [7, 11) is 0. The van der Waals surface area contributed by atoms with Gasteiger partial charge in [-0.05, 0) is 67.9 Å². The number of hydrogen-bond donors (Lipinski definition) is 2. The lowest BCUT2D eigenvalue weighted by Crippen LogP contribution is -2.31. The van der Waals surface area contributed by atoms with Crippen LogP contribution in [-0.4, -0.2) is 24.9 Å². The van der Waals surface area contributed by atoms with Crippen LogP contribution in [-0.2, 0) is 11.2 Å². The van der Waals surface area contributed by atoms with E-state index in [1.54, 1.807) is 12.1 Å². The number of piperidine rings is 1. The van der Waals surface area contributed by atoms with Gasteiger partial charge in [-0.3, -0.25) is 9.59 Å². The molecule has 2 aromatic carbocycles. The molecule has 0 radical (unpaired) electrons. The summed E-state index contributed by atoms with van der Waals surface area (Å²) in [6.07, 6.45) is 6.39. The predicted octanol–water partition coefficient (Wildman–Crippen LogP) is 3.83. The predicted molar refractivity (Wildman–Crippen MR) is 112 cm³/mol. The standard InChI is InChI=1S/C23H27N3O2/c24-22(27)17-11-12-21(26-13-4-1-5-14-26)20(15-17)25-23(28)19-10-6-8-16-7-2-3-9-18(16)19/h2-3,7,9,11-12,15,19H,1,4-6,8,10,13-14H2,(H2,24,27)(H,25,28). The molecule has 0 aromatic heterocycles. The van der Waals surface area contributed by atoms with Crippen molar-refractivity contribution in [2.24, 2.45) is 5.73 Å². The van der Waals surface area contributed by atoms with Crippen molar-refractivity contribution in [1.82, 2.24) is 0 Å². The second-order valence-corrected chi connectivity index (χ2v) is 7.78. The van der Waals surface area contributed by atoms with Crippen molar-refractivity contribution in [3.63, 3.8) is 0 Å². The first-order valence-electron chi connectivity index (χ1n) is 10.2. The zero-order chi connectivity index (χ0) is 19.5. The van der Waals surface area contributed by atoms with Crippen LogP contribution in [0, 0.1) is 0 Å². The number of nitrogens with one attached hydrogen (secondary N) is 1. The molecule has 1 atom stereocenters. The lowest BCUT2D eigenvalue weighted by Gasteiger charge is -2.31. The summed E-state index contributed by atoms with van der Waals surface area (Å²) in [5, 5.41) is 3.13. The normalized spacial score (nSPS) is 19.0. The molecule has 0 spiro atoms. The van der Waals surface area contributed by atoms with Crippen molar-refractivity contribution in [2.45, 2.75) is 44.4 Å². The third kappa shape index (κ3) is 3.75. The molecular weight excluding hydrogens is 350 g/mol. The third-order valence-corrected chi connectivity index (χ3v) is 5.92. The van der Waals surface area contributed by atoms with Crippen LogP contribution in [0.2, 0.25) is 0 Å². The number of carbonyl (C=O) groups is 2. The zero-order valence-corrected chi connectivity index (χ0v) is 16.1. The van der Waals surface area contributed by atoms with Crippen LogP contribution in [0.15, 0.2) is 42.5 Å². The highest BCUT2D eigenvalue weighted by Gasteiger charge is 2.27. The van der Waals surface area contributed by atoms with Gasteiger partial charge in [0.1, 0.15) is 0 Å². The Balaban J connectivity index is 1.63. The third-order valence-electron chi connectivity index (χ3n) is 5.92. The number of rotatable bonds is 4. The summed E-state index contributed by atoms with van der Waals surface area (Å²) in [5.74, 6) is -0.646. The molecule has 1 saturated heterocycles. The number of benzene rings is 2. The van der Waals surface area contributed by atoms with Crippen molar-refractivity contribution in [3.8, 4) is 0 Å². The first kappa shape index (κ1) is 18.5. The topological polar surface area (TPSA) is 75.4 Å². The monoisotopic (exact) mass is 377 g/mol. The Hall–Kier alpha value is -2.82. The van der Waals surface area contributed by atoms with E-state index in [-0.39, 0.29) is 11.8 Å². The molecule has 3 N–H and O–H groups in total. The molecule has 1 fully saturated rings. The summed E-state index contributed by atoms with van der Waals surface area (Å²) < 4.78 is 0. The highest BCUT2D eigenvalue weighted by molar-refractivity contribution is 6.01. The molecule has 0 saturated carbocycles. The van der Waals surface area contributed by atoms with E-state index >= 15 is 0 Å². The fraction of sp³-hybridized carbons (Fsp3) is 0.391. The molecule has 1 heterocycles. The lowest BCUT2D eigenvalue weighted by atomic mass is 9.82. The molecule has 1 aliphatic carbocycles. The van der Waals surface area contributed by atoms with Gasteiger partial charge in [0.25, 0.3) is 0 Å². The maximum Gasteiger partial charge on any atom is 0.248 e. The Bertz CT molecular complexity index is 887. The molecule has 5 heteroatoms. The number of aryl methyl sites for hydroxylation is 1. The van der Waals surface area contributed by atoms with Gasteiger partial charge < -0.3 is 16.0 Å². The smallest absolute Gasteiger partial charge is 0.248 e. The van der Waals surface area contributed by atoms with Crippen molar-refractivity contribution in [2.75, 3.05) is 23.3 Å². The minimum atomic E-state index is -0.483. The Labute approximate surface area is 165 Å². The van der Waals surface area contributed by atoms with Crippen LogP contribution in [0.5, 0.6) is 0 Å². The highest BCUT2D eigenvalue weighted by Crippen LogP contribution is 2.35. The number of nitrogens with two attached hydrogens (primary N) is 1. The number of primary amides is 1. The van der Waals surface area contributed by atoms with Gasteiger partial charge in [-0.25, -0.2) is 0 Å². The van der Waals surface area contributed by atoms with Crippen LogP contribution in [0.25, 0.3) is 0 Å². The highest BCUT2D eigenvalue weighted by atomic mass is 16.2. The maximum absolute atomic E-state index is 13.2. The molecule has 5 nitrogen and oxygen atoms in total.